The van der Waals surface area contributed by atoms with Crippen molar-refractivity contribution in [2.75, 3.05) is 14.2 Å². The summed E-state index contributed by atoms with van der Waals surface area (Å²) in [5.74, 6) is 0.620. The van der Waals surface area contributed by atoms with E-state index >= 15 is 0 Å². The summed E-state index contributed by atoms with van der Waals surface area (Å²) < 4.78 is 5.14. The number of ether oxygens (including phenoxy) is 1. The quantitative estimate of drug-likeness (QED) is 0.746. The van der Waals surface area contributed by atoms with E-state index in [1.54, 1.807) is 13.3 Å². The third-order valence-electron chi connectivity index (χ3n) is 2.31. The lowest BCUT2D eigenvalue weighted by molar-refractivity contribution is 0.286. The number of hydrogen-bond donors (Lipinski definition) is 0. The summed E-state index contributed by atoms with van der Waals surface area (Å²) in [5, 5.41) is 8.77. The minimum Gasteiger partial charge on any atom is -0.481 e. The maximum Gasteiger partial charge on any atom is 0.217 e. The van der Waals surface area contributed by atoms with Gasteiger partial charge in [0.1, 0.15) is 0 Å². The molecular weight excluding hydrogens is 190 g/mol. The molecule has 1 aromatic rings. The van der Waals surface area contributed by atoms with Gasteiger partial charge in [-0.25, -0.2) is 4.98 Å². The molecule has 1 rings (SSSR count). The lowest BCUT2D eigenvalue weighted by atomic mass is 10.2. The molecule has 0 amide bonds. The molecule has 0 spiro atoms. The molecular formula is C11H15N3O. The monoisotopic (exact) mass is 205 g/mol. The van der Waals surface area contributed by atoms with Crippen molar-refractivity contribution in [1.29, 1.82) is 5.26 Å². The van der Waals surface area contributed by atoms with Crippen LogP contribution in [0.1, 0.15) is 12.5 Å². The maximum atomic E-state index is 8.77. The van der Waals surface area contributed by atoms with Crippen molar-refractivity contribution in [3.8, 4) is 11.9 Å². The van der Waals surface area contributed by atoms with Gasteiger partial charge in [-0.05, 0) is 20.0 Å². The van der Waals surface area contributed by atoms with Gasteiger partial charge in [0.05, 0.1) is 19.2 Å². The number of nitriles is 1. The van der Waals surface area contributed by atoms with Gasteiger partial charge in [-0.1, -0.05) is 6.07 Å². The molecule has 0 bridgehead atoms. The largest absolute Gasteiger partial charge is 0.481 e. The van der Waals surface area contributed by atoms with Crippen molar-refractivity contribution >= 4 is 0 Å². The van der Waals surface area contributed by atoms with Crippen molar-refractivity contribution in [1.82, 2.24) is 9.88 Å². The Balaban J connectivity index is 2.76. The van der Waals surface area contributed by atoms with Gasteiger partial charge >= 0.3 is 0 Å². The van der Waals surface area contributed by atoms with Crippen LogP contribution in [0.2, 0.25) is 0 Å². The highest BCUT2D eigenvalue weighted by Crippen LogP contribution is 2.16. The lowest BCUT2D eigenvalue weighted by Crippen LogP contribution is -2.27. The molecule has 1 unspecified atom stereocenters. The molecule has 0 aliphatic carbocycles. The molecule has 1 heterocycles. The van der Waals surface area contributed by atoms with E-state index in [9.17, 15) is 0 Å². The molecule has 1 aromatic heterocycles. The average molecular weight is 205 g/mol. The summed E-state index contributed by atoms with van der Waals surface area (Å²) in [6, 6.07) is 5.89. The van der Waals surface area contributed by atoms with E-state index < -0.39 is 0 Å². The minimum absolute atomic E-state index is 0.116. The molecule has 0 radical (unpaired) electrons. The molecule has 0 saturated heterocycles. The fraction of sp³-hybridized carbons (Fsp3) is 0.455. The molecule has 1 atom stereocenters. The predicted octanol–water partition coefficient (Wildman–Crippen LogP) is 1.43. The van der Waals surface area contributed by atoms with E-state index in [2.05, 4.69) is 11.1 Å². The Labute approximate surface area is 90.1 Å². The summed E-state index contributed by atoms with van der Waals surface area (Å²) >= 11 is 0. The first kappa shape index (κ1) is 11.5. The number of pyridine rings is 1. The Bertz CT molecular complexity index is 359. The highest BCUT2D eigenvalue weighted by molar-refractivity contribution is 5.25. The number of nitrogens with zero attached hydrogens (tertiary/aromatic N) is 3. The Morgan fingerprint density at radius 1 is 1.67 bits per heavy atom. The lowest BCUT2D eigenvalue weighted by Gasteiger charge is -2.19. The summed E-state index contributed by atoms with van der Waals surface area (Å²) in [4.78, 5) is 6.05. The fourth-order valence-corrected chi connectivity index (χ4v) is 1.23. The summed E-state index contributed by atoms with van der Waals surface area (Å²) in [5.41, 5.74) is 0.990. The van der Waals surface area contributed by atoms with E-state index in [1.165, 1.54) is 0 Å². The van der Waals surface area contributed by atoms with Crippen molar-refractivity contribution in [2.24, 2.45) is 0 Å². The second-order valence-electron chi connectivity index (χ2n) is 3.39. The highest BCUT2D eigenvalue weighted by Gasteiger charge is 2.11. The normalized spacial score (nSPS) is 12.2. The van der Waals surface area contributed by atoms with Crippen LogP contribution < -0.4 is 4.74 Å². The van der Waals surface area contributed by atoms with Crippen LogP contribution in [-0.4, -0.2) is 30.1 Å². The summed E-state index contributed by atoms with van der Waals surface area (Å²) in [7, 11) is 3.50. The van der Waals surface area contributed by atoms with Gasteiger partial charge in [0.15, 0.2) is 0 Å². The SMILES string of the molecule is COc1ncccc1CN(C)C(C)C#N. The standard InChI is InChI=1S/C11H15N3O/c1-9(7-12)14(2)8-10-5-4-6-13-11(10)15-3/h4-6,9H,8H2,1-3H3. The van der Waals surface area contributed by atoms with Crippen LogP contribution in [0.4, 0.5) is 0 Å². The molecule has 4 nitrogen and oxygen atoms in total. The van der Waals surface area contributed by atoms with Gasteiger partial charge in [-0.2, -0.15) is 5.26 Å². The molecule has 15 heavy (non-hydrogen) atoms. The Kier molecular flexibility index (Phi) is 4.07. The molecule has 0 saturated carbocycles. The topological polar surface area (TPSA) is 49.1 Å². The highest BCUT2D eigenvalue weighted by atomic mass is 16.5. The van der Waals surface area contributed by atoms with E-state index in [4.69, 9.17) is 10.00 Å². The first-order chi connectivity index (χ1) is 7.19. The van der Waals surface area contributed by atoms with Crippen LogP contribution in [0.5, 0.6) is 5.88 Å². The van der Waals surface area contributed by atoms with Crippen LogP contribution in [0.15, 0.2) is 18.3 Å². The molecule has 0 aliphatic heterocycles. The number of methoxy groups -OCH3 is 1. The van der Waals surface area contributed by atoms with Gasteiger partial charge in [0.25, 0.3) is 0 Å². The number of aromatic nitrogens is 1. The number of hydrogen-bond acceptors (Lipinski definition) is 4. The van der Waals surface area contributed by atoms with Crippen LogP contribution in [0.25, 0.3) is 0 Å². The zero-order valence-electron chi connectivity index (χ0n) is 9.27. The average Bonchev–Trinajstić information content (AvgIpc) is 2.28. The van der Waals surface area contributed by atoms with Crippen molar-refractivity contribution in [2.45, 2.75) is 19.5 Å². The number of rotatable bonds is 4. The van der Waals surface area contributed by atoms with Gasteiger partial charge < -0.3 is 4.74 Å². The van der Waals surface area contributed by atoms with Crippen LogP contribution in [0.3, 0.4) is 0 Å². The molecule has 0 N–H and O–H groups in total. The third kappa shape index (κ3) is 2.93. The minimum atomic E-state index is -0.116. The predicted molar refractivity (Wildman–Crippen MR) is 57.3 cm³/mol. The summed E-state index contributed by atoms with van der Waals surface area (Å²) in [6.45, 7) is 2.52. The van der Waals surface area contributed by atoms with Crippen molar-refractivity contribution < 1.29 is 4.74 Å². The van der Waals surface area contributed by atoms with E-state index in [0.717, 1.165) is 5.56 Å². The van der Waals surface area contributed by atoms with Gasteiger partial charge in [-0.3, -0.25) is 4.90 Å². The maximum absolute atomic E-state index is 8.77. The second kappa shape index (κ2) is 5.32. The Morgan fingerprint density at radius 2 is 2.40 bits per heavy atom. The van der Waals surface area contributed by atoms with Crippen molar-refractivity contribution in [3.63, 3.8) is 0 Å². The van der Waals surface area contributed by atoms with E-state index in [1.807, 2.05) is 31.0 Å². The molecule has 0 aliphatic rings. The van der Waals surface area contributed by atoms with Crippen molar-refractivity contribution in [3.05, 3.63) is 23.9 Å². The molecule has 0 fully saturated rings. The van der Waals surface area contributed by atoms with Crippen LogP contribution in [0, 0.1) is 11.3 Å². The zero-order chi connectivity index (χ0) is 11.3. The zero-order valence-corrected chi connectivity index (χ0v) is 9.27. The summed E-state index contributed by atoms with van der Waals surface area (Å²) in [6.07, 6.45) is 1.69. The first-order valence-electron chi connectivity index (χ1n) is 4.76. The first-order valence-corrected chi connectivity index (χ1v) is 4.76. The van der Waals surface area contributed by atoms with E-state index in [-0.39, 0.29) is 6.04 Å². The third-order valence-corrected chi connectivity index (χ3v) is 2.31. The van der Waals surface area contributed by atoms with E-state index in [0.29, 0.717) is 12.4 Å². The van der Waals surface area contributed by atoms with Gasteiger partial charge in [0.2, 0.25) is 5.88 Å². The molecule has 4 heteroatoms. The second-order valence-corrected chi connectivity index (χ2v) is 3.39. The molecule has 0 aromatic carbocycles. The smallest absolute Gasteiger partial charge is 0.217 e. The Hall–Kier alpha value is -1.60. The van der Waals surface area contributed by atoms with Crippen LogP contribution >= 0.6 is 0 Å². The van der Waals surface area contributed by atoms with Crippen LogP contribution in [-0.2, 0) is 6.54 Å². The fourth-order valence-electron chi connectivity index (χ4n) is 1.23. The molecule has 80 valence electrons. The Morgan fingerprint density at radius 3 is 3.00 bits per heavy atom. The van der Waals surface area contributed by atoms with Gasteiger partial charge in [0, 0.05) is 18.3 Å². The van der Waals surface area contributed by atoms with Gasteiger partial charge in [-0.15, -0.1) is 0 Å².